The molecule has 0 aromatic heterocycles. The standard InChI is InChI=1S/C17H22N2O2/c1-5-8-16(14(4)20)13-19-11-10-18-12-15(7-3)17(21)9-6-2/h5-9,12-13,20-21H,1-2,4,10-11H2,3H3/b15-7-,16-8-,17-9+,18-12?,19-13?. The van der Waals surface area contributed by atoms with Gasteiger partial charge >= 0.3 is 0 Å². The smallest absolute Gasteiger partial charge is 0.123 e. The van der Waals surface area contributed by atoms with Crippen LogP contribution in [0.3, 0.4) is 0 Å². The lowest BCUT2D eigenvalue weighted by atomic mass is 10.2. The van der Waals surface area contributed by atoms with Crippen molar-refractivity contribution in [2.24, 2.45) is 9.98 Å². The topological polar surface area (TPSA) is 65.2 Å². The van der Waals surface area contributed by atoms with Crippen molar-refractivity contribution in [1.82, 2.24) is 0 Å². The van der Waals surface area contributed by atoms with Crippen LogP contribution >= 0.6 is 0 Å². The average molecular weight is 286 g/mol. The Kier molecular flexibility index (Phi) is 9.83. The van der Waals surface area contributed by atoms with Crippen molar-refractivity contribution >= 4 is 12.4 Å². The van der Waals surface area contributed by atoms with Gasteiger partial charge in [-0.1, -0.05) is 44.0 Å². The molecule has 0 aromatic rings. The zero-order chi connectivity index (χ0) is 16.1. The lowest BCUT2D eigenvalue weighted by Crippen LogP contribution is -1.95. The first-order valence-corrected chi connectivity index (χ1v) is 6.45. The number of aliphatic imine (C=N–C) groups is 2. The molecule has 112 valence electrons. The van der Waals surface area contributed by atoms with Crippen LogP contribution in [0.2, 0.25) is 0 Å². The Hall–Kier alpha value is -2.62. The van der Waals surface area contributed by atoms with E-state index >= 15 is 0 Å². The van der Waals surface area contributed by atoms with E-state index in [0.717, 1.165) is 0 Å². The summed E-state index contributed by atoms with van der Waals surface area (Å²) in [6, 6.07) is 0. The summed E-state index contributed by atoms with van der Waals surface area (Å²) in [5.41, 5.74) is 1.13. The van der Waals surface area contributed by atoms with Gasteiger partial charge in [-0.05, 0) is 13.0 Å². The van der Waals surface area contributed by atoms with Gasteiger partial charge in [0.05, 0.1) is 13.1 Å². The third kappa shape index (κ3) is 8.21. The van der Waals surface area contributed by atoms with Crippen LogP contribution in [0.25, 0.3) is 0 Å². The molecule has 0 fully saturated rings. The zero-order valence-electron chi connectivity index (χ0n) is 12.4. The minimum Gasteiger partial charge on any atom is -0.508 e. The molecule has 0 aliphatic carbocycles. The number of allylic oxidation sites excluding steroid dienone is 7. The molecule has 0 amide bonds. The number of hydrogen-bond acceptors (Lipinski definition) is 4. The van der Waals surface area contributed by atoms with E-state index in [0.29, 0.717) is 24.2 Å². The van der Waals surface area contributed by atoms with Gasteiger partial charge in [0, 0.05) is 23.6 Å². The van der Waals surface area contributed by atoms with Crippen LogP contribution in [-0.2, 0) is 0 Å². The maximum absolute atomic E-state index is 9.65. The quantitative estimate of drug-likeness (QED) is 0.292. The SMILES string of the molecule is C=C/C=C(/C=NCCN=CC(=C/C)/C(O)=C\C=C)C(=C)O. The third-order valence-corrected chi connectivity index (χ3v) is 2.33. The molecule has 4 heteroatoms. The fourth-order valence-electron chi connectivity index (χ4n) is 1.28. The first-order chi connectivity index (χ1) is 10.1. The Bertz CT molecular complexity index is 521. The van der Waals surface area contributed by atoms with E-state index in [4.69, 9.17) is 0 Å². The van der Waals surface area contributed by atoms with Crippen molar-refractivity contribution in [3.05, 3.63) is 72.8 Å². The van der Waals surface area contributed by atoms with Crippen molar-refractivity contribution in [2.75, 3.05) is 13.1 Å². The summed E-state index contributed by atoms with van der Waals surface area (Å²) in [6.07, 6.45) is 11.0. The Balaban J connectivity index is 4.44. The number of aliphatic hydroxyl groups excluding tert-OH is 2. The summed E-state index contributed by atoms with van der Waals surface area (Å²) < 4.78 is 0. The van der Waals surface area contributed by atoms with E-state index in [1.54, 1.807) is 24.4 Å². The van der Waals surface area contributed by atoms with Gasteiger partial charge in [0.2, 0.25) is 0 Å². The molecule has 0 heterocycles. The Morgan fingerprint density at radius 3 is 1.90 bits per heavy atom. The van der Waals surface area contributed by atoms with Crippen molar-refractivity contribution < 1.29 is 10.2 Å². The van der Waals surface area contributed by atoms with Crippen LogP contribution in [0.5, 0.6) is 0 Å². The highest BCUT2D eigenvalue weighted by atomic mass is 16.3. The molecule has 2 N–H and O–H groups in total. The van der Waals surface area contributed by atoms with Crippen molar-refractivity contribution in [3.63, 3.8) is 0 Å². The third-order valence-electron chi connectivity index (χ3n) is 2.33. The molecule has 0 aliphatic heterocycles. The summed E-state index contributed by atoms with van der Waals surface area (Å²) in [6.45, 7) is 13.2. The number of aliphatic hydroxyl groups is 2. The molecule has 0 saturated carbocycles. The summed E-state index contributed by atoms with van der Waals surface area (Å²) in [4.78, 5) is 8.29. The van der Waals surface area contributed by atoms with E-state index in [1.165, 1.54) is 18.4 Å². The van der Waals surface area contributed by atoms with Crippen molar-refractivity contribution in [1.29, 1.82) is 0 Å². The molecule has 0 bridgehead atoms. The van der Waals surface area contributed by atoms with Gasteiger partial charge in [-0.3, -0.25) is 9.98 Å². The Labute approximate surface area is 126 Å². The van der Waals surface area contributed by atoms with E-state index in [1.807, 2.05) is 6.92 Å². The first kappa shape index (κ1) is 18.4. The molecule has 0 aromatic carbocycles. The largest absolute Gasteiger partial charge is 0.508 e. The molecule has 0 rings (SSSR count). The number of nitrogens with zero attached hydrogens (tertiary/aromatic N) is 2. The molecule has 0 aliphatic rings. The maximum atomic E-state index is 9.65. The molecule has 0 unspecified atom stereocenters. The fraction of sp³-hybridized carbons (Fsp3) is 0.176. The second-order valence-electron chi connectivity index (χ2n) is 3.91. The van der Waals surface area contributed by atoms with Crippen LogP contribution in [0.15, 0.2) is 82.8 Å². The second-order valence-corrected chi connectivity index (χ2v) is 3.91. The zero-order valence-corrected chi connectivity index (χ0v) is 12.4. The van der Waals surface area contributed by atoms with Gasteiger partial charge < -0.3 is 10.2 Å². The van der Waals surface area contributed by atoms with Crippen molar-refractivity contribution in [3.8, 4) is 0 Å². The highest BCUT2D eigenvalue weighted by Crippen LogP contribution is 2.04. The van der Waals surface area contributed by atoms with E-state index in [-0.39, 0.29) is 11.5 Å². The number of rotatable bonds is 9. The van der Waals surface area contributed by atoms with Gasteiger partial charge in [0.25, 0.3) is 0 Å². The first-order valence-electron chi connectivity index (χ1n) is 6.45. The molecule has 21 heavy (non-hydrogen) atoms. The Morgan fingerprint density at radius 2 is 1.48 bits per heavy atom. The summed E-state index contributed by atoms with van der Waals surface area (Å²) in [5.74, 6) is 0.0605. The predicted molar refractivity (Wildman–Crippen MR) is 91.4 cm³/mol. The Morgan fingerprint density at radius 1 is 0.952 bits per heavy atom. The lowest BCUT2D eigenvalue weighted by Gasteiger charge is -1.98. The average Bonchev–Trinajstić information content (AvgIpc) is 2.45. The minimum atomic E-state index is -0.0576. The van der Waals surface area contributed by atoms with Gasteiger partial charge in [0.15, 0.2) is 0 Å². The number of hydrogen-bond donors (Lipinski definition) is 2. The highest BCUT2D eigenvalue weighted by Gasteiger charge is 1.96. The lowest BCUT2D eigenvalue weighted by molar-refractivity contribution is 0.428. The van der Waals surface area contributed by atoms with E-state index in [9.17, 15) is 10.2 Å². The van der Waals surface area contributed by atoms with Gasteiger partial charge in [-0.2, -0.15) is 0 Å². The predicted octanol–water partition coefficient (Wildman–Crippen LogP) is 3.89. The van der Waals surface area contributed by atoms with Crippen LogP contribution in [0, 0.1) is 0 Å². The molecular weight excluding hydrogens is 264 g/mol. The van der Waals surface area contributed by atoms with Gasteiger partial charge in [-0.15, -0.1) is 0 Å². The minimum absolute atomic E-state index is 0.0576. The summed E-state index contributed by atoms with van der Waals surface area (Å²) >= 11 is 0. The molecule has 4 nitrogen and oxygen atoms in total. The monoisotopic (exact) mass is 286 g/mol. The van der Waals surface area contributed by atoms with Crippen LogP contribution in [-0.4, -0.2) is 35.7 Å². The van der Waals surface area contributed by atoms with E-state index < -0.39 is 0 Å². The maximum Gasteiger partial charge on any atom is 0.123 e. The van der Waals surface area contributed by atoms with Crippen LogP contribution in [0.1, 0.15) is 6.92 Å². The van der Waals surface area contributed by atoms with Crippen LogP contribution < -0.4 is 0 Å². The highest BCUT2D eigenvalue weighted by molar-refractivity contribution is 5.84. The van der Waals surface area contributed by atoms with E-state index in [2.05, 4.69) is 29.7 Å². The molecule has 0 spiro atoms. The summed E-state index contributed by atoms with van der Waals surface area (Å²) in [7, 11) is 0. The van der Waals surface area contributed by atoms with Gasteiger partial charge in [-0.25, -0.2) is 0 Å². The molecule has 0 radical (unpaired) electrons. The molecule has 0 saturated heterocycles. The normalized spacial score (nSPS) is 13.9. The van der Waals surface area contributed by atoms with Crippen molar-refractivity contribution in [2.45, 2.75) is 6.92 Å². The van der Waals surface area contributed by atoms with Gasteiger partial charge in [0.1, 0.15) is 11.5 Å². The molecular formula is C17H22N2O2. The molecule has 0 atom stereocenters. The second kappa shape index (κ2) is 11.2. The fourth-order valence-corrected chi connectivity index (χ4v) is 1.28. The summed E-state index contributed by atoms with van der Waals surface area (Å²) in [5, 5.41) is 18.9. The van der Waals surface area contributed by atoms with Crippen LogP contribution in [0.4, 0.5) is 0 Å².